The fourth-order valence-electron chi connectivity index (χ4n) is 6.19. The molecule has 2 heterocycles. The summed E-state index contributed by atoms with van der Waals surface area (Å²) in [5, 5.41) is 3.12. The molecule has 2 aromatic heterocycles. The van der Waals surface area contributed by atoms with Crippen molar-refractivity contribution in [1.82, 2.24) is 34.7 Å². The van der Waals surface area contributed by atoms with Gasteiger partial charge in [0.1, 0.15) is 23.7 Å². The molecule has 0 saturated carbocycles. The van der Waals surface area contributed by atoms with E-state index in [2.05, 4.69) is 27.6 Å². The average Bonchev–Trinajstić information content (AvgIpc) is 3.69. The van der Waals surface area contributed by atoms with Crippen molar-refractivity contribution in [3.8, 4) is 11.8 Å². The maximum absolute atomic E-state index is 13.6. The van der Waals surface area contributed by atoms with Crippen LogP contribution < -0.4 is 10.7 Å². The molecule has 0 aliphatic carbocycles. The van der Waals surface area contributed by atoms with Crippen LogP contribution in [0.5, 0.6) is 0 Å². The lowest BCUT2D eigenvalue weighted by Crippen LogP contribution is -2.38. The third-order valence-corrected chi connectivity index (χ3v) is 8.64. The molecule has 10 nitrogen and oxygen atoms in total. The number of aromatic nitrogens is 4. The Morgan fingerprint density at radius 2 is 1.34 bits per heavy atom. The number of amides is 2. The molecule has 6 rings (SSSR count). The number of carbonyl (C=O) groups is 2. The number of aryl methyl sites for hydroxylation is 1. The number of H-pyrrole nitrogens is 1. The smallest absolute Gasteiger partial charge is 0.260 e. The summed E-state index contributed by atoms with van der Waals surface area (Å²) in [6.45, 7) is 3.94. The van der Waals surface area contributed by atoms with Crippen LogP contribution in [-0.2, 0) is 16.0 Å². The molecule has 0 fully saturated rings. The molecule has 0 aliphatic rings. The molecule has 1 unspecified atom stereocenters. The first-order chi connectivity index (χ1) is 24.1. The molecule has 0 saturated heterocycles. The van der Waals surface area contributed by atoms with Crippen LogP contribution in [0.2, 0.25) is 0 Å². The summed E-state index contributed by atoms with van der Waals surface area (Å²) >= 11 is 0. The maximum Gasteiger partial charge on any atom is 0.260 e. The van der Waals surface area contributed by atoms with E-state index in [4.69, 9.17) is 9.97 Å². The van der Waals surface area contributed by atoms with Crippen molar-refractivity contribution < 1.29 is 9.59 Å². The number of imidazole rings is 2. The summed E-state index contributed by atoms with van der Waals surface area (Å²) in [5.74, 6) is 7.71. The fourth-order valence-corrected chi connectivity index (χ4v) is 6.19. The molecule has 0 aliphatic heterocycles. The molecule has 3 N–H and O–H groups in total. The molecule has 0 bridgehead atoms. The van der Waals surface area contributed by atoms with Gasteiger partial charge in [0, 0.05) is 17.5 Å². The molecule has 0 spiro atoms. The van der Waals surface area contributed by atoms with Crippen molar-refractivity contribution >= 4 is 33.9 Å². The average molecular weight is 667 g/mol. The molecule has 10 heteroatoms. The van der Waals surface area contributed by atoms with Gasteiger partial charge in [-0.1, -0.05) is 79.4 Å². The minimum absolute atomic E-state index is 0.0987. The Morgan fingerprint density at radius 3 is 1.94 bits per heavy atom. The highest BCUT2D eigenvalue weighted by Crippen LogP contribution is 2.24. The third kappa shape index (κ3) is 7.29. The zero-order valence-corrected chi connectivity index (χ0v) is 29.2. The Morgan fingerprint density at radius 1 is 0.760 bits per heavy atom. The summed E-state index contributed by atoms with van der Waals surface area (Å²) in [6, 6.07) is 29.9. The van der Waals surface area contributed by atoms with Gasteiger partial charge in [0.2, 0.25) is 5.91 Å². The molecule has 6 aromatic rings. The van der Waals surface area contributed by atoms with E-state index in [0.29, 0.717) is 12.2 Å². The van der Waals surface area contributed by atoms with Crippen LogP contribution in [0.15, 0.2) is 97.1 Å². The topological polar surface area (TPSA) is 111 Å². The third-order valence-electron chi connectivity index (χ3n) is 8.64. The van der Waals surface area contributed by atoms with Gasteiger partial charge in [-0.05, 0) is 82.6 Å². The second-order valence-corrected chi connectivity index (χ2v) is 12.8. The number of fused-ring (bicyclic) bond motifs is 2. The van der Waals surface area contributed by atoms with Gasteiger partial charge in [-0.2, -0.15) is 0 Å². The van der Waals surface area contributed by atoms with E-state index in [1.165, 1.54) is 0 Å². The molecule has 50 heavy (non-hydrogen) atoms. The number of hydrogen-bond acceptors (Lipinski definition) is 6. The first-order valence-electron chi connectivity index (χ1n) is 16.7. The van der Waals surface area contributed by atoms with Gasteiger partial charge in [-0.3, -0.25) is 24.8 Å². The van der Waals surface area contributed by atoms with Crippen LogP contribution >= 0.6 is 0 Å². The monoisotopic (exact) mass is 666 g/mol. The number of aromatic amines is 1. The largest absolute Gasteiger partial charge is 0.345 e. The predicted molar refractivity (Wildman–Crippen MR) is 198 cm³/mol. The van der Waals surface area contributed by atoms with Crippen molar-refractivity contribution in [1.29, 1.82) is 0 Å². The highest BCUT2D eigenvalue weighted by atomic mass is 16.2. The highest BCUT2D eigenvalue weighted by Gasteiger charge is 2.26. The molecule has 2 amide bonds. The normalized spacial score (nSPS) is 13.2. The Labute approximate surface area is 292 Å². The van der Waals surface area contributed by atoms with Crippen molar-refractivity contribution in [2.45, 2.75) is 38.4 Å². The standard InChI is InChI=1S/C40H42N8O2/c1-7-35-42-32-23-21-28(25-34(32)48(35)45-40(50)37(47(5)6)30-16-12-9-13-17-30)19-18-27-20-22-31-33(24-27)44-38(43-31)26(2)41-39(49)36(46(3)4)29-14-10-8-11-15-29/h8-17,20-26,36-37H,7H2,1-6H3,(H,41,49)(H,43,44)(H,45,50)/t26-,36+,37?/m0/s1. The minimum atomic E-state index is -0.470. The van der Waals surface area contributed by atoms with Gasteiger partial charge < -0.3 is 10.3 Å². The lowest BCUT2D eigenvalue weighted by Gasteiger charge is -2.25. The first-order valence-corrected chi connectivity index (χ1v) is 16.7. The number of carbonyl (C=O) groups excluding carboxylic acids is 2. The molecule has 3 atom stereocenters. The van der Waals surface area contributed by atoms with Crippen LogP contribution in [0.25, 0.3) is 22.1 Å². The Balaban J connectivity index is 1.21. The summed E-state index contributed by atoms with van der Waals surface area (Å²) in [5.41, 5.74) is 9.72. The Kier molecular flexibility index (Phi) is 10.1. The van der Waals surface area contributed by atoms with Crippen LogP contribution in [0, 0.1) is 11.8 Å². The fraction of sp³-hybridized carbons (Fsp3) is 0.250. The van der Waals surface area contributed by atoms with Gasteiger partial charge >= 0.3 is 0 Å². The molecular formula is C40H42N8O2. The van der Waals surface area contributed by atoms with Gasteiger partial charge in [0.05, 0.1) is 28.1 Å². The van der Waals surface area contributed by atoms with Crippen LogP contribution in [-0.4, -0.2) is 69.4 Å². The highest BCUT2D eigenvalue weighted by molar-refractivity contribution is 5.92. The van der Waals surface area contributed by atoms with Crippen molar-refractivity contribution in [3.63, 3.8) is 0 Å². The lowest BCUT2D eigenvalue weighted by atomic mass is 10.0. The van der Waals surface area contributed by atoms with Crippen molar-refractivity contribution in [2.75, 3.05) is 33.6 Å². The van der Waals surface area contributed by atoms with Crippen molar-refractivity contribution in [3.05, 3.63) is 131 Å². The van der Waals surface area contributed by atoms with Crippen LogP contribution in [0.3, 0.4) is 0 Å². The van der Waals surface area contributed by atoms with E-state index < -0.39 is 12.1 Å². The van der Waals surface area contributed by atoms with E-state index in [0.717, 1.165) is 50.1 Å². The lowest BCUT2D eigenvalue weighted by molar-refractivity contribution is -0.126. The molecular weight excluding hydrogens is 624 g/mol. The zero-order chi connectivity index (χ0) is 35.4. The number of likely N-dealkylation sites (N-methyl/N-ethyl adjacent to an activating group) is 2. The second kappa shape index (κ2) is 14.8. The molecule has 254 valence electrons. The van der Waals surface area contributed by atoms with E-state index in [1.54, 1.807) is 4.68 Å². The molecule has 0 radical (unpaired) electrons. The minimum Gasteiger partial charge on any atom is -0.345 e. The first kappa shape index (κ1) is 34.1. The van der Waals surface area contributed by atoms with E-state index >= 15 is 0 Å². The maximum atomic E-state index is 13.6. The SMILES string of the molecule is CCc1nc2ccc(C#Cc3ccc4[nH]c([C@H](C)NC(=O)[C@@H](c5ccccc5)N(C)C)nc4c3)cc2n1NC(=O)C(c1ccccc1)N(C)C. The summed E-state index contributed by atoms with van der Waals surface area (Å²) in [4.78, 5) is 43.6. The Hall–Kier alpha value is -5.76. The Bertz CT molecular complexity index is 2190. The molecule has 4 aromatic carbocycles. The van der Waals surface area contributed by atoms with Gasteiger partial charge in [-0.15, -0.1) is 0 Å². The van der Waals surface area contributed by atoms with E-state index in [9.17, 15) is 9.59 Å². The quantitative estimate of drug-likeness (QED) is 0.161. The van der Waals surface area contributed by atoms with Gasteiger partial charge in [0.15, 0.2) is 0 Å². The predicted octanol–water partition coefficient (Wildman–Crippen LogP) is 5.73. The van der Waals surface area contributed by atoms with E-state index in [-0.39, 0.29) is 17.9 Å². The number of hydrogen-bond donors (Lipinski definition) is 3. The number of benzene rings is 4. The zero-order valence-electron chi connectivity index (χ0n) is 29.2. The summed E-state index contributed by atoms with van der Waals surface area (Å²) in [6.07, 6.45) is 0.644. The summed E-state index contributed by atoms with van der Waals surface area (Å²) in [7, 11) is 7.58. The number of nitrogens with zero attached hydrogens (tertiary/aromatic N) is 5. The van der Waals surface area contributed by atoms with E-state index in [1.807, 2.05) is 149 Å². The van der Waals surface area contributed by atoms with Crippen molar-refractivity contribution in [2.24, 2.45) is 0 Å². The van der Waals surface area contributed by atoms with Gasteiger partial charge in [0.25, 0.3) is 5.91 Å². The number of rotatable bonds is 10. The van der Waals surface area contributed by atoms with Crippen LogP contribution in [0.4, 0.5) is 0 Å². The summed E-state index contributed by atoms with van der Waals surface area (Å²) < 4.78 is 1.78. The van der Waals surface area contributed by atoms with Gasteiger partial charge in [-0.25, -0.2) is 14.6 Å². The second-order valence-electron chi connectivity index (χ2n) is 12.8. The van der Waals surface area contributed by atoms with Crippen LogP contribution in [0.1, 0.15) is 65.9 Å². The number of nitrogens with one attached hydrogen (secondary N) is 3.